The van der Waals surface area contributed by atoms with Gasteiger partial charge in [-0.1, -0.05) is 41.4 Å². The van der Waals surface area contributed by atoms with E-state index in [4.69, 9.17) is 11.6 Å². The van der Waals surface area contributed by atoms with Crippen molar-refractivity contribution < 1.29 is 4.79 Å². The van der Waals surface area contributed by atoms with Crippen molar-refractivity contribution in [3.05, 3.63) is 79.9 Å². The number of carbonyl (C=O) groups excluding carboxylic acids is 1. The lowest BCUT2D eigenvalue weighted by Crippen LogP contribution is -2.21. The van der Waals surface area contributed by atoms with Gasteiger partial charge in [-0.15, -0.1) is 11.3 Å². The number of aromatic amines is 1. The summed E-state index contributed by atoms with van der Waals surface area (Å²) in [7, 11) is 0. The van der Waals surface area contributed by atoms with Gasteiger partial charge < -0.3 is 10.3 Å². The standard InChI is InChI=1S/C20H15ClN2O2S/c1-11-6-7-16-13(8-11)18-14(19(24)23-16)9-17(26-18)20(25)22-10-12-4-2-3-5-15(12)21/h2-9H,10H2,1H3,(H,22,25)(H,23,24). The largest absolute Gasteiger partial charge is 0.347 e. The van der Waals surface area contributed by atoms with Gasteiger partial charge in [-0.3, -0.25) is 9.59 Å². The molecule has 4 aromatic rings. The zero-order valence-corrected chi connectivity index (χ0v) is 15.5. The van der Waals surface area contributed by atoms with Gasteiger partial charge in [0.1, 0.15) is 0 Å². The van der Waals surface area contributed by atoms with E-state index in [0.717, 1.165) is 26.7 Å². The number of aromatic nitrogens is 1. The first-order valence-electron chi connectivity index (χ1n) is 8.11. The Morgan fingerprint density at radius 1 is 1.15 bits per heavy atom. The Morgan fingerprint density at radius 3 is 2.77 bits per heavy atom. The molecule has 0 aliphatic rings. The molecule has 0 saturated heterocycles. The van der Waals surface area contributed by atoms with Crippen molar-refractivity contribution in [3.63, 3.8) is 0 Å². The number of thiophene rings is 1. The lowest BCUT2D eigenvalue weighted by atomic mass is 10.1. The Balaban J connectivity index is 1.71. The summed E-state index contributed by atoms with van der Waals surface area (Å²) in [5.41, 5.74) is 2.54. The minimum absolute atomic E-state index is 0.183. The van der Waals surface area contributed by atoms with Crippen LogP contribution in [0.15, 0.2) is 53.3 Å². The van der Waals surface area contributed by atoms with Crippen molar-refractivity contribution in [1.29, 1.82) is 0 Å². The lowest BCUT2D eigenvalue weighted by molar-refractivity contribution is 0.0955. The van der Waals surface area contributed by atoms with Crippen LogP contribution in [0.3, 0.4) is 0 Å². The molecule has 2 aromatic carbocycles. The third-order valence-electron chi connectivity index (χ3n) is 4.27. The van der Waals surface area contributed by atoms with E-state index in [-0.39, 0.29) is 11.5 Å². The molecule has 4 nitrogen and oxygen atoms in total. The van der Waals surface area contributed by atoms with Gasteiger partial charge in [-0.25, -0.2) is 0 Å². The van der Waals surface area contributed by atoms with Crippen LogP contribution in [-0.4, -0.2) is 10.9 Å². The molecule has 2 N–H and O–H groups in total. The predicted molar refractivity (Wildman–Crippen MR) is 107 cm³/mol. The van der Waals surface area contributed by atoms with E-state index in [1.54, 1.807) is 12.1 Å². The quantitative estimate of drug-likeness (QED) is 0.542. The first-order chi connectivity index (χ1) is 12.5. The molecule has 0 radical (unpaired) electrons. The van der Waals surface area contributed by atoms with Crippen LogP contribution in [0.1, 0.15) is 20.8 Å². The van der Waals surface area contributed by atoms with Crippen LogP contribution in [0, 0.1) is 6.92 Å². The van der Waals surface area contributed by atoms with Crippen LogP contribution in [0.25, 0.3) is 21.0 Å². The Kier molecular flexibility index (Phi) is 4.26. The first kappa shape index (κ1) is 16.8. The molecular formula is C20H15ClN2O2S. The molecule has 6 heteroatoms. The number of halogens is 1. The number of nitrogens with one attached hydrogen (secondary N) is 2. The molecule has 4 rings (SSSR count). The summed E-state index contributed by atoms with van der Waals surface area (Å²) in [6, 6.07) is 14.9. The molecule has 0 unspecified atom stereocenters. The van der Waals surface area contributed by atoms with Gasteiger partial charge >= 0.3 is 0 Å². The van der Waals surface area contributed by atoms with Crippen LogP contribution in [0.2, 0.25) is 5.02 Å². The molecule has 0 bridgehead atoms. The molecule has 1 amide bonds. The van der Waals surface area contributed by atoms with E-state index < -0.39 is 0 Å². The third-order valence-corrected chi connectivity index (χ3v) is 5.80. The molecule has 0 atom stereocenters. The van der Waals surface area contributed by atoms with Gasteiger partial charge in [-0.2, -0.15) is 0 Å². The van der Waals surface area contributed by atoms with Crippen LogP contribution in [-0.2, 0) is 6.54 Å². The molecule has 130 valence electrons. The highest BCUT2D eigenvalue weighted by Crippen LogP contribution is 2.30. The maximum atomic E-state index is 12.6. The average molecular weight is 383 g/mol. The van der Waals surface area contributed by atoms with E-state index in [0.29, 0.717) is 21.8 Å². The number of amides is 1. The molecule has 0 fully saturated rings. The average Bonchev–Trinajstić information content (AvgIpc) is 3.08. The van der Waals surface area contributed by atoms with Crippen LogP contribution < -0.4 is 10.9 Å². The Bertz CT molecular complexity index is 1210. The Morgan fingerprint density at radius 2 is 1.96 bits per heavy atom. The van der Waals surface area contributed by atoms with Crippen LogP contribution in [0.4, 0.5) is 0 Å². The highest BCUT2D eigenvalue weighted by molar-refractivity contribution is 7.21. The van der Waals surface area contributed by atoms with Gasteiger partial charge in [0.15, 0.2) is 0 Å². The molecule has 0 spiro atoms. The number of rotatable bonds is 3. The molecular weight excluding hydrogens is 368 g/mol. The predicted octanol–water partition coefficient (Wildman–Crippen LogP) is 4.63. The maximum Gasteiger partial charge on any atom is 0.261 e. The van der Waals surface area contributed by atoms with Crippen molar-refractivity contribution in [2.45, 2.75) is 13.5 Å². The number of benzene rings is 2. The van der Waals surface area contributed by atoms with Gasteiger partial charge in [0.05, 0.1) is 10.3 Å². The molecule has 0 aliphatic heterocycles. The fourth-order valence-electron chi connectivity index (χ4n) is 2.92. The molecule has 0 aliphatic carbocycles. The minimum atomic E-state index is -0.216. The van der Waals surface area contributed by atoms with Crippen molar-refractivity contribution >= 4 is 49.8 Å². The second-order valence-corrected chi connectivity index (χ2v) is 7.59. The maximum absolute atomic E-state index is 12.6. The number of pyridine rings is 1. The number of carbonyl (C=O) groups is 1. The smallest absolute Gasteiger partial charge is 0.261 e. The van der Waals surface area contributed by atoms with E-state index in [1.165, 1.54) is 11.3 Å². The summed E-state index contributed by atoms with van der Waals surface area (Å²) in [6.45, 7) is 2.34. The number of aryl methyl sites for hydroxylation is 1. The van der Waals surface area contributed by atoms with Crippen LogP contribution >= 0.6 is 22.9 Å². The minimum Gasteiger partial charge on any atom is -0.347 e. The second-order valence-electron chi connectivity index (χ2n) is 6.13. The number of hydrogen-bond acceptors (Lipinski definition) is 3. The van der Waals surface area contributed by atoms with Crippen molar-refractivity contribution in [2.75, 3.05) is 0 Å². The van der Waals surface area contributed by atoms with E-state index in [9.17, 15) is 9.59 Å². The summed E-state index contributed by atoms with van der Waals surface area (Å²) in [6.07, 6.45) is 0. The topological polar surface area (TPSA) is 62.0 Å². The van der Waals surface area contributed by atoms with E-state index >= 15 is 0 Å². The normalized spacial score (nSPS) is 11.2. The summed E-state index contributed by atoms with van der Waals surface area (Å²) in [5.74, 6) is -0.216. The fraction of sp³-hybridized carbons (Fsp3) is 0.100. The lowest BCUT2D eigenvalue weighted by Gasteiger charge is -2.05. The van der Waals surface area contributed by atoms with Gasteiger partial charge in [0.2, 0.25) is 0 Å². The Hall–Kier alpha value is -2.63. The SMILES string of the molecule is Cc1ccc2[nH]c(=O)c3cc(C(=O)NCc4ccccc4Cl)sc3c2c1. The zero-order valence-electron chi connectivity index (χ0n) is 13.9. The van der Waals surface area contributed by atoms with Crippen LogP contribution in [0.5, 0.6) is 0 Å². The zero-order chi connectivity index (χ0) is 18.3. The van der Waals surface area contributed by atoms with Crippen molar-refractivity contribution in [3.8, 4) is 0 Å². The Labute approximate surface area is 158 Å². The highest BCUT2D eigenvalue weighted by atomic mass is 35.5. The van der Waals surface area contributed by atoms with E-state index in [2.05, 4.69) is 10.3 Å². The van der Waals surface area contributed by atoms with Gasteiger partial charge in [0, 0.05) is 27.2 Å². The molecule has 26 heavy (non-hydrogen) atoms. The van der Waals surface area contributed by atoms with E-state index in [1.807, 2.05) is 43.3 Å². The monoisotopic (exact) mass is 382 g/mol. The molecule has 2 aromatic heterocycles. The molecule has 2 heterocycles. The number of H-pyrrole nitrogens is 1. The van der Waals surface area contributed by atoms with Gasteiger partial charge in [0.25, 0.3) is 11.5 Å². The van der Waals surface area contributed by atoms with Crippen molar-refractivity contribution in [2.24, 2.45) is 0 Å². The summed E-state index contributed by atoms with van der Waals surface area (Å²) in [5, 5.41) is 4.98. The molecule has 0 saturated carbocycles. The summed E-state index contributed by atoms with van der Waals surface area (Å²) in [4.78, 5) is 28.3. The fourth-order valence-corrected chi connectivity index (χ4v) is 4.23. The number of hydrogen-bond donors (Lipinski definition) is 2. The summed E-state index contributed by atoms with van der Waals surface area (Å²) >= 11 is 7.46. The highest BCUT2D eigenvalue weighted by Gasteiger charge is 2.15. The second kappa shape index (κ2) is 6.59. The first-order valence-corrected chi connectivity index (χ1v) is 9.30. The number of fused-ring (bicyclic) bond motifs is 3. The third kappa shape index (κ3) is 3.00. The van der Waals surface area contributed by atoms with Crippen molar-refractivity contribution in [1.82, 2.24) is 10.3 Å². The van der Waals surface area contributed by atoms with Gasteiger partial charge in [-0.05, 0) is 36.8 Å². The summed E-state index contributed by atoms with van der Waals surface area (Å²) < 4.78 is 0.829.